The smallest absolute Gasteiger partial charge is 0.108 e. The second kappa shape index (κ2) is 2.08. The van der Waals surface area contributed by atoms with Crippen molar-refractivity contribution in [1.29, 1.82) is 0 Å². The molecular weight excluding hydrogens is 127 g/mol. The summed E-state index contributed by atoms with van der Waals surface area (Å²) in [7, 11) is 0. The van der Waals surface area contributed by atoms with Gasteiger partial charge in [-0.3, -0.25) is 0 Å². The maximum absolute atomic E-state index is 12.5. The summed E-state index contributed by atoms with van der Waals surface area (Å²) in [6.45, 7) is 0. The van der Waals surface area contributed by atoms with Gasteiger partial charge in [0.25, 0.3) is 0 Å². The van der Waals surface area contributed by atoms with E-state index in [0.717, 1.165) is 12.0 Å². The van der Waals surface area contributed by atoms with Crippen molar-refractivity contribution < 1.29 is 4.39 Å². The van der Waals surface area contributed by atoms with Crippen molar-refractivity contribution in [3.05, 3.63) is 35.9 Å². The molecule has 0 N–H and O–H groups in total. The molecule has 0 aromatic heterocycles. The first-order valence-electron chi connectivity index (χ1n) is 3.57. The highest BCUT2D eigenvalue weighted by Gasteiger charge is 2.38. The lowest BCUT2D eigenvalue weighted by molar-refractivity contribution is 0.468. The molecule has 1 fully saturated rings. The van der Waals surface area contributed by atoms with Gasteiger partial charge in [-0.2, -0.15) is 0 Å². The van der Waals surface area contributed by atoms with Crippen LogP contribution < -0.4 is 0 Å². The summed E-state index contributed by atoms with van der Waals surface area (Å²) in [5, 5.41) is 0. The maximum Gasteiger partial charge on any atom is 0.108 e. The highest BCUT2D eigenvalue weighted by atomic mass is 19.1. The van der Waals surface area contributed by atoms with E-state index in [1.165, 1.54) is 0 Å². The summed E-state index contributed by atoms with van der Waals surface area (Å²) >= 11 is 0. The molecule has 1 heteroatoms. The number of hydrogen-bond acceptors (Lipinski definition) is 0. The van der Waals surface area contributed by atoms with Crippen LogP contribution in [0.4, 0.5) is 4.39 Å². The van der Waals surface area contributed by atoms with Gasteiger partial charge in [-0.1, -0.05) is 30.3 Å². The van der Waals surface area contributed by atoms with Gasteiger partial charge in [0.1, 0.15) is 6.17 Å². The van der Waals surface area contributed by atoms with Crippen LogP contribution in [0.3, 0.4) is 0 Å². The van der Waals surface area contributed by atoms with E-state index in [9.17, 15) is 4.39 Å². The van der Waals surface area contributed by atoms with Crippen LogP contribution in [-0.2, 0) is 0 Å². The van der Waals surface area contributed by atoms with Crippen LogP contribution in [0.2, 0.25) is 0 Å². The van der Waals surface area contributed by atoms with E-state index in [4.69, 9.17) is 0 Å². The fourth-order valence-electron chi connectivity index (χ4n) is 1.21. The van der Waals surface area contributed by atoms with Crippen molar-refractivity contribution in [3.63, 3.8) is 0 Å². The molecule has 1 saturated carbocycles. The molecular formula is C9H9F. The van der Waals surface area contributed by atoms with Crippen LogP contribution >= 0.6 is 0 Å². The minimum Gasteiger partial charge on any atom is -0.247 e. The predicted molar refractivity (Wildman–Crippen MR) is 38.7 cm³/mol. The summed E-state index contributed by atoms with van der Waals surface area (Å²) < 4.78 is 12.5. The molecule has 0 nitrogen and oxygen atoms in total. The minimum atomic E-state index is -0.567. The van der Waals surface area contributed by atoms with Gasteiger partial charge in [0.2, 0.25) is 0 Å². The number of benzene rings is 1. The Morgan fingerprint density at radius 3 is 2.30 bits per heavy atom. The summed E-state index contributed by atoms with van der Waals surface area (Å²) in [6, 6.07) is 9.86. The van der Waals surface area contributed by atoms with Crippen LogP contribution in [-0.4, -0.2) is 6.17 Å². The molecule has 0 unspecified atom stereocenters. The molecule has 2 rings (SSSR count). The molecule has 1 aromatic carbocycles. The third-order valence-corrected chi connectivity index (χ3v) is 1.94. The van der Waals surface area contributed by atoms with E-state index in [1.807, 2.05) is 30.3 Å². The van der Waals surface area contributed by atoms with Gasteiger partial charge in [-0.05, 0) is 12.0 Å². The van der Waals surface area contributed by atoms with Crippen molar-refractivity contribution in [2.24, 2.45) is 0 Å². The fourth-order valence-corrected chi connectivity index (χ4v) is 1.21. The van der Waals surface area contributed by atoms with Gasteiger partial charge >= 0.3 is 0 Å². The first-order chi connectivity index (χ1) is 4.88. The lowest BCUT2D eigenvalue weighted by Crippen LogP contribution is -1.79. The Labute approximate surface area is 59.7 Å². The Kier molecular flexibility index (Phi) is 1.23. The number of halogens is 1. The van der Waals surface area contributed by atoms with Crippen molar-refractivity contribution >= 4 is 0 Å². The van der Waals surface area contributed by atoms with Gasteiger partial charge in [-0.25, -0.2) is 4.39 Å². The van der Waals surface area contributed by atoms with Gasteiger partial charge in [-0.15, -0.1) is 0 Å². The van der Waals surface area contributed by atoms with Crippen molar-refractivity contribution in [3.8, 4) is 0 Å². The highest BCUT2D eigenvalue weighted by Crippen LogP contribution is 2.43. The van der Waals surface area contributed by atoms with Crippen LogP contribution in [0.1, 0.15) is 17.9 Å². The van der Waals surface area contributed by atoms with Crippen molar-refractivity contribution in [2.75, 3.05) is 0 Å². The first kappa shape index (κ1) is 5.90. The standard InChI is InChI=1S/C9H9F/c10-9-6-8(9)7-4-2-1-3-5-7/h1-5,8-9H,6H2/t8-,9-/m1/s1. The molecule has 1 aliphatic carbocycles. The highest BCUT2D eigenvalue weighted by molar-refractivity contribution is 5.26. The number of rotatable bonds is 1. The maximum atomic E-state index is 12.5. The molecule has 0 bridgehead atoms. The van der Waals surface area contributed by atoms with E-state index in [0.29, 0.717) is 0 Å². The Hall–Kier alpha value is -0.850. The Bertz CT molecular complexity index is 217. The molecule has 1 aliphatic rings. The van der Waals surface area contributed by atoms with Crippen molar-refractivity contribution in [1.82, 2.24) is 0 Å². The summed E-state index contributed by atoms with van der Waals surface area (Å²) in [6.07, 6.45) is 0.159. The van der Waals surface area contributed by atoms with Crippen LogP contribution in [0.25, 0.3) is 0 Å². The lowest BCUT2D eigenvalue weighted by atomic mass is 10.1. The average molecular weight is 136 g/mol. The Morgan fingerprint density at radius 1 is 1.20 bits per heavy atom. The predicted octanol–water partition coefficient (Wildman–Crippen LogP) is 2.51. The molecule has 0 radical (unpaired) electrons. The minimum absolute atomic E-state index is 0.209. The molecule has 2 atom stereocenters. The zero-order valence-corrected chi connectivity index (χ0v) is 5.63. The molecule has 0 heterocycles. The number of alkyl halides is 1. The number of hydrogen-bond donors (Lipinski definition) is 0. The second-order valence-electron chi connectivity index (χ2n) is 2.77. The lowest BCUT2D eigenvalue weighted by Gasteiger charge is -1.93. The second-order valence-corrected chi connectivity index (χ2v) is 2.77. The zero-order chi connectivity index (χ0) is 6.97. The third kappa shape index (κ3) is 0.919. The third-order valence-electron chi connectivity index (χ3n) is 1.94. The molecule has 52 valence electrons. The summed E-state index contributed by atoms with van der Waals surface area (Å²) in [5.41, 5.74) is 1.15. The first-order valence-corrected chi connectivity index (χ1v) is 3.57. The van der Waals surface area contributed by atoms with E-state index in [-0.39, 0.29) is 5.92 Å². The average Bonchev–Trinajstić information content (AvgIpc) is 2.69. The SMILES string of the molecule is F[C@@H]1C[C@@H]1c1ccccc1. The molecule has 10 heavy (non-hydrogen) atoms. The molecule has 1 aromatic rings. The van der Waals surface area contributed by atoms with Crippen LogP contribution in [0.15, 0.2) is 30.3 Å². The molecule has 0 spiro atoms. The Balaban J connectivity index is 2.20. The van der Waals surface area contributed by atoms with Crippen molar-refractivity contribution in [2.45, 2.75) is 18.5 Å². The van der Waals surface area contributed by atoms with E-state index in [2.05, 4.69) is 0 Å². The van der Waals surface area contributed by atoms with E-state index >= 15 is 0 Å². The van der Waals surface area contributed by atoms with E-state index < -0.39 is 6.17 Å². The topological polar surface area (TPSA) is 0 Å². The Morgan fingerprint density at radius 2 is 1.80 bits per heavy atom. The summed E-state index contributed by atoms with van der Waals surface area (Å²) in [5.74, 6) is 0.209. The summed E-state index contributed by atoms with van der Waals surface area (Å²) in [4.78, 5) is 0. The molecule has 0 amide bonds. The quantitative estimate of drug-likeness (QED) is 0.556. The van der Waals surface area contributed by atoms with Gasteiger partial charge in [0.15, 0.2) is 0 Å². The molecule has 0 saturated heterocycles. The van der Waals surface area contributed by atoms with Crippen LogP contribution in [0.5, 0.6) is 0 Å². The normalized spacial score (nSPS) is 30.1. The fraction of sp³-hybridized carbons (Fsp3) is 0.333. The van der Waals surface area contributed by atoms with Gasteiger partial charge in [0.05, 0.1) is 0 Å². The van der Waals surface area contributed by atoms with Gasteiger partial charge < -0.3 is 0 Å². The zero-order valence-electron chi connectivity index (χ0n) is 5.63. The van der Waals surface area contributed by atoms with Crippen LogP contribution in [0, 0.1) is 0 Å². The van der Waals surface area contributed by atoms with Gasteiger partial charge in [0, 0.05) is 5.92 Å². The molecule has 0 aliphatic heterocycles. The monoisotopic (exact) mass is 136 g/mol. The van der Waals surface area contributed by atoms with E-state index in [1.54, 1.807) is 0 Å². The largest absolute Gasteiger partial charge is 0.247 e.